The summed E-state index contributed by atoms with van der Waals surface area (Å²) in [4.78, 5) is 37.6. The second-order valence-corrected chi connectivity index (χ2v) is 7.25. The van der Waals surface area contributed by atoms with E-state index in [-0.39, 0.29) is 24.1 Å². The standard InChI is InChI=1S/C19H23N3O3.C2H6/c23-17-8-7-16(18(24)21-17)22-11-13-9-12(5-6-15(13)19(22)25)10-20-14-3-1-2-4-14;1-2/h5-6,9,14,16,20H,1-4,7-8,10-11H2,(H,21,23,24);1-2H3. The summed E-state index contributed by atoms with van der Waals surface area (Å²) in [5, 5.41) is 5.92. The summed E-state index contributed by atoms with van der Waals surface area (Å²) < 4.78 is 0. The van der Waals surface area contributed by atoms with E-state index < -0.39 is 6.04 Å². The second-order valence-electron chi connectivity index (χ2n) is 7.25. The molecule has 1 saturated carbocycles. The molecule has 2 aliphatic heterocycles. The Kier molecular flexibility index (Phi) is 6.26. The monoisotopic (exact) mass is 371 g/mol. The highest BCUT2D eigenvalue weighted by molar-refractivity contribution is 6.05. The van der Waals surface area contributed by atoms with Gasteiger partial charge in [0.25, 0.3) is 5.91 Å². The van der Waals surface area contributed by atoms with Gasteiger partial charge in [-0.1, -0.05) is 38.8 Å². The molecule has 27 heavy (non-hydrogen) atoms. The topological polar surface area (TPSA) is 78.5 Å². The minimum Gasteiger partial charge on any atom is -0.322 e. The highest BCUT2D eigenvalue weighted by Gasteiger charge is 2.39. The maximum Gasteiger partial charge on any atom is 0.255 e. The first-order valence-electron chi connectivity index (χ1n) is 10.1. The molecule has 1 aliphatic carbocycles. The predicted molar refractivity (Wildman–Crippen MR) is 103 cm³/mol. The summed E-state index contributed by atoms with van der Waals surface area (Å²) in [7, 11) is 0. The van der Waals surface area contributed by atoms with Crippen molar-refractivity contribution in [2.24, 2.45) is 0 Å². The Labute approximate surface area is 160 Å². The molecule has 0 spiro atoms. The van der Waals surface area contributed by atoms with E-state index in [4.69, 9.17) is 0 Å². The van der Waals surface area contributed by atoms with Crippen molar-refractivity contribution in [3.05, 3.63) is 34.9 Å². The van der Waals surface area contributed by atoms with Gasteiger partial charge in [0.15, 0.2) is 0 Å². The summed E-state index contributed by atoms with van der Waals surface area (Å²) in [5.41, 5.74) is 2.82. The van der Waals surface area contributed by atoms with Gasteiger partial charge in [-0.25, -0.2) is 0 Å². The number of hydrogen-bond donors (Lipinski definition) is 2. The number of carbonyl (C=O) groups is 3. The normalized spacial score (nSPS) is 22.4. The predicted octanol–water partition coefficient (Wildman–Crippen LogP) is 2.51. The number of nitrogens with zero attached hydrogens (tertiary/aromatic N) is 1. The van der Waals surface area contributed by atoms with Crippen molar-refractivity contribution in [3.8, 4) is 0 Å². The Balaban J connectivity index is 0.00000102. The molecule has 1 atom stereocenters. The number of imide groups is 1. The molecule has 146 valence electrons. The fourth-order valence-corrected chi connectivity index (χ4v) is 4.13. The zero-order valence-corrected chi connectivity index (χ0v) is 16.2. The Bertz CT molecular complexity index is 725. The van der Waals surface area contributed by atoms with Crippen LogP contribution in [0.1, 0.15) is 73.9 Å². The lowest BCUT2D eigenvalue weighted by molar-refractivity contribution is -0.136. The lowest BCUT2D eigenvalue weighted by Gasteiger charge is -2.29. The Morgan fingerprint density at radius 2 is 1.85 bits per heavy atom. The highest BCUT2D eigenvalue weighted by atomic mass is 16.2. The average Bonchev–Trinajstić information content (AvgIpc) is 3.30. The van der Waals surface area contributed by atoms with Crippen LogP contribution in [0, 0.1) is 0 Å². The van der Waals surface area contributed by atoms with Crippen molar-refractivity contribution in [1.29, 1.82) is 0 Å². The molecule has 3 aliphatic rings. The molecule has 6 nitrogen and oxygen atoms in total. The quantitative estimate of drug-likeness (QED) is 0.797. The molecule has 0 radical (unpaired) electrons. The third-order valence-electron chi connectivity index (χ3n) is 5.54. The van der Waals surface area contributed by atoms with E-state index >= 15 is 0 Å². The number of piperidine rings is 1. The largest absolute Gasteiger partial charge is 0.322 e. The van der Waals surface area contributed by atoms with Gasteiger partial charge in [-0.2, -0.15) is 0 Å². The van der Waals surface area contributed by atoms with E-state index in [9.17, 15) is 14.4 Å². The number of carbonyl (C=O) groups excluding carboxylic acids is 3. The van der Waals surface area contributed by atoms with E-state index in [0.717, 1.165) is 12.1 Å². The van der Waals surface area contributed by atoms with Gasteiger partial charge in [0.05, 0.1) is 0 Å². The summed E-state index contributed by atoms with van der Waals surface area (Å²) >= 11 is 0. The van der Waals surface area contributed by atoms with Gasteiger partial charge in [0.2, 0.25) is 11.8 Å². The smallest absolute Gasteiger partial charge is 0.255 e. The first-order chi connectivity index (χ1) is 13.1. The number of hydrogen-bond acceptors (Lipinski definition) is 4. The number of fused-ring (bicyclic) bond motifs is 1. The van der Waals surface area contributed by atoms with Crippen molar-refractivity contribution in [1.82, 2.24) is 15.5 Å². The molecule has 6 heteroatoms. The van der Waals surface area contributed by atoms with Crippen molar-refractivity contribution in [3.63, 3.8) is 0 Å². The van der Waals surface area contributed by atoms with Crippen LogP contribution < -0.4 is 10.6 Å². The molecule has 3 amide bonds. The molecule has 2 heterocycles. The highest BCUT2D eigenvalue weighted by Crippen LogP contribution is 2.28. The van der Waals surface area contributed by atoms with Crippen molar-refractivity contribution in [2.45, 2.75) is 77.5 Å². The van der Waals surface area contributed by atoms with Crippen LogP contribution in [0.25, 0.3) is 0 Å². The molecule has 1 unspecified atom stereocenters. The fourth-order valence-electron chi connectivity index (χ4n) is 4.13. The molecule has 1 aromatic rings. The van der Waals surface area contributed by atoms with E-state index in [1.165, 1.54) is 31.2 Å². The molecule has 1 aromatic carbocycles. The third-order valence-corrected chi connectivity index (χ3v) is 5.54. The molecule has 1 saturated heterocycles. The fraction of sp³-hybridized carbons (Fsp3) is 0.571. The van der Waals surface area contributed by atoms with Gasteiger partial charge in [-0.3, -0.25) is 19.7 Å². The molecule has 2 fully saturated rings. The minimum absolute atomic E-state index is 0.111. The SMILES string of the molecule is CC.O=C1CCC(N2Cc3cc(CNC4CCCC4)ccc3C2=O)C(=O)N1. The lowest BCUT2D eigenvalue weighted by atomic mass is 10.0. The molecular weight excluding hydrogens is 342 g/mol. The van der Waals surface area contributed by atoms with Gasteiger partial charge in [0.1, 0.15) is 6.04 Å². The van der Waals surface area contributed by atoms with Gasteiger partial charge in [0, 0.05) is 31.1 Å². The van der Waals surface area contributed by atoms with Crippen LogP contribution in [-0.2, 0) is 22.7 Å². The number of nitrogens with one attached hydrogen (secondary N) is 2. The minimum atomic E-state index is -0.544. The van der Waals surface area contributed by atoms with Crippen LogP contribution >= 0.6 is 0 Å². The second kappa shape index (κ2) is 8.65. The number of rotatable bonds is 4. The van der Waals surface area contributed by atoms with E-state index in [2.05, 4.69) is 16.7 Å². The van der Waals surface area contributed by atoms with Crippen LogP contribution in [0.2, 0.25) is 0 Å². The van der Waals surface area contributed by atoms with E-state index in [1.807, 2.05) is 26.0 Å². The Morgan fingerprint density at radius 3 is 2.56 bits per heavy atom. The van der Waals surface area contributed by atoms with Crippen LogP contribution in [0.4, 0.5) is 0 Å². The maximum absolute atomic E-state index is 12.6. The van der Waals surface area contributed by atoms with Crippen LogP contribution in [-0.4, -0.2) is 34.7 Å². The third kappa shape index (κ3) is 4.21. The van der Waals surface area contributed by atoms with Crippen LogP contribution in [0.3, 0.4) is 0 Å². The van der Waals surface area contributed by atoms with Crippen molar-refractivity contribution >= 4 is 17.7 Å². The average molecular weight is 371 g/mol. The summed E-state index contributed by atoms with van der Waals surface area (Å²) in [6.07, 6.45) is 5.78. The number of amides is 3. The van der Waals surface area contributed by atoms with E-state index in [0.29, 0.717) is 24.6 Å². The molecule has 4 rings (SSSR count). The summed E-state index contributed by atoms with van der Waals surface area (Å²) in [6, 6.07) is 6.00. The Morgan fingerprint density at radius 1 is 1.11 bits per heavy atom. The Hall–Kier alpha value is -2.21. The lowest BCUT2D eigenvalue weighted by Crippen LogP contribution is -2.52. The van der Waals surface area contributed by atoms with Crippen molar-refractivity contribution in [2.75, 3.05) is 0 Å². The van der Waals surface area contributed by atoms with Crippen LogP contribution in [0.15, 0.2) is 18.2 Å². The van der Waals surface area contributed by atoms with E-state index in [1.54, 1.807) is 4.90 Å². The zero-order valence-electron chi connectivity index (χ0n) is 16.2. The molecule has 0 bridgehead atoms. The molecular formula is C21H29N3O3. The zero-order chi connectivity index (χ0) is 19.4. The summed E-state index contributed by atoms with van der Waals surface area (Å²) in [6.45, 7) is 5.25. The van der Waals surface area contributed by atoms with Gasteiger partial charge >= 0.3 is 0 Å². The van der Waals surface area contributed by atoms with Gasteiger partial charge in [-0.15, -0.1) is 0 Å². The molecule has 2 N–H and O–H groups in total. The molecule has 0 aromatic heterocycles. The first kappa shape index (κ1) is 19.5. The maximum atomic E-state index is 12.6. The van der Waals surface area contributed by atoms with Crippen LogP contribution in [0.5, 0.6) is 0 Å². The van der Waals surface area contributed by atoms with Gasteiger partial charge < -0.3 is 10.2 Å². The van der Waals surface area contributed by atoms with Crippen molar-refractivity contribution < 1.29 is 14.4 Å². The first-order valence-corrected chi connectivity index (χ1v) is 10.1. The number of benzene rings is 1. The van der Waals surface area contributed by atoms with Gasteiger partial charge in [-0.05, 0) is 36.5 Å². The summed E-state index contributed by atoms with van der Waals surface area (Å²) in [5.74, 6) is -0.731.